The van der Waals surface area contributed by atoms with Gasteiger partial charge in [-0.2, -0.15) is 0 Å². The smallest absolute Gasteiger partial charge is 0.234 e. The van der Waals surface area contributed by atoms with E-state index in [0.29, 0.717) is 18.8 Å². The highest BCUT2D eigenvalue weighted by atomic mass is 79.9. The van der Waals surface area contributed by atoms with Gasteiger partial charge in [0, 0.05) is 16.1 Å². The molecule has 2 aromatic rings. The van der Waals surface area contributed by atoms with Gasteiger partial charge in [0.25, 0.3) is 0 Å². The Morgan fingerprint density at radius 3 is 2.59 bits per heavy atom. The standard InChI is InChI=1S/C16H20BrN3O2/c1-3-20(4-2)11-16(21)18-10-14-9-15(19-22-14)12-5-7-13(17)8-6-12/h5-9H,3-4,10-11H2,1-2H3,(H,18,21). The van der Waals surface area contributed by atoms with Gasteiger partial charge in [-0.25, -0.2) is 0 Å². The lowest BCUT2D eigenvalue weighted by Crippen LogP contribution is -2.36. The van der Waals surface area contributed by atoms with Crippen molar-refractivity contribution in [2.24, 2.45) is 0 Å². The maximum atomic E-state index is 11.8. The van der Waals surface area contributed by atoms with Gasteiger partial charge in [0.1, 0.15) is 5.69 Å². The predicted octanol–water partition coefficient (Wildman–Crippen LogP) is 3.06. The van der Waals surface area contributed by atoms with Crippen LogP contribution >= 0.6 is 15.9 Å². The molecule has 1 aromatic carbocycles. The molecule has 0 radical (unpaired) electrons. The van der Waals surface area contributed by atoms with Crippen LogP contribution in [-0.4, -0.2) is 35.6 Å². The molecule has 0 saturated carbocycles. The summed E-state index contributed by atoms with van der Waals surface area (Å²) in [6.45, 7) is 6.56. The molecule has 5 nitrogen and oxygen atoms in total. The minimum Gasteiger partial charge on any atom is -0.359 e. The highest BCUT2D eigenvalue weighted by Crippen LogP contribution is 2.21. The van der Waals surface area contributed by atoms with E-state index in [2.05, 4.69) is 31.3 Å². The van der Waals surface area contributed by atoms with Gasteiger partial charge in [-0.1, -0.05) is 47.1 Å². The third kappa shape index (κ3) is 4.68. The summed E-state index contributed by atoms with van der Waals surface area (Å²) in [5.41, 5.74) is 1.74. The second-order valence-electron chi connectivity index (χ2n) is 4.92. The molecule has 0 aliphatic rings. The summed E-state index contributed by atoms with van der Waals surface area (Å²) in [6.07, 6.45) is 0. The molecule has 0 aliphatic carbocycles. The first-order chi connectivity index (χ1) is 10.6. The van der Waals surface area contributed by atoms with Crippen molar-refractivity contribution < 1.29 is 9.32 Å². The van der Waals surface area contributed by atoms with Gasteiger partial charge in [-0.3, -0.25) is 9.69 Å². The zero-order valence-electron chi connectivity index (χ0n) is 12.8. The zero-order chi connectivity index (χ0) is 15.9. The van der Waals surface area contributed by atoms with Crippen LogP contribution in [0.15, 0.2) is 39.3 Å². The van der Waals surface area contributed by atoms with Crippen molar-refractivity contribution in [3.8, 4) is 11.3 Å². The van der Waals surface area contributed by atoms with Crippen LogP contribution in [0.2, 0.25) is 0 Å². The number of likely N-dealkylation sites (N-methyl/N-ethyl adjacent to an activating group) is 1. The van der Waals surface area contributed by atoms with E-state index in [-0.39, 0.29) is 5.91 Å². The van der Waals surface area contributed by atoms with E-state index in [1.165, 1.54) is 0 Å². The Kier molecular flexibility index (Phi) is 6.15. The Balaban J connectivity index is 1.89. The Morgan fingerprint density at radius 2 is 1.95 bits per heavy atom. The average Bonchev–Trinajstić information content (AvgIpc) is 3.00. The summed E-state index contributed by atoms with van der Waals surface area (Å²) in [6, 6.07) is 9.68. The van der Waals surface area contributed by atoms with E-state index in [1.807, 2.05) is 44.2 Å². The lowest BCUT2D eigenvalue weighted by molar-refractivity contribution is -0.122. The number of carbonyl (C=O) groups is 1. The summed E-state index contributed by atoms with van der Waals surface area (Å²) in [7, 11) is 0. The highest BCUT2D eigenvalue weighted by Gasteiger charge is 2.10. The lowest BCUT2D eigenvalue weighted by Gasteiger charge is -2.16. The molecule has 1 amide bonds. The van der Waals surface area contributed by atoms with Gasteiger partial charge in [0.15, 0.2) is 5.76 Å². The van der Waals surface area contributed by atoms with Gasteiger partial charge in [0.2, 0.25) is 5.91 Å². The van der Waals surface area contributed by atoms with Crippen LogP contribution in [0.5, 0.6) is 0 Å². The average molecular weight is 366 g/mol. The van der Waals surface area contributed by atoms with Crippen LogP contribution in [-0.2, 0) is 11.3 Å². The first-order valence-electron chi connectivity index (χ1n) is 7.33. The van der Waals surface area contributed by atoms with Crippen molar-refractivity contribution in [3.63, 3.8) is 0 Å². The van der Waals surface area contributed by atoms with Crippen molar-refractivity contribution in [2.75, 3.05) is 19.6 Å². The van der Waals surface area contributed by atoms with E-state index in [9.17, 15) is 4.79 Å². The van der Waals surface area contributed by atoms with Crippen LogP contribution < -0.4 is 5.32 Å². The van der Waals surface area contributed by atoms with Gasteiger partial charge in [-0.05, 0) is 25.2 Å². The molecule has 0 aliphatic heterocycles. The largest absolute Gasteiger partial charge is 0.359 e. The summed E-state index contributed by atoms with van der Waals surface area (Å²) in [4.78, 5) is 13.9. The minimum absolute atomic E-state index is 0.00899. The monoisotopic (exact) mass is 365 g/mol. The maximum Gasteiger partial charge on any atom is 0.234 e. The fourth-order valence-corrected chi connectivity index (χ4v) is 2.31. The number of aromatic nitrogens is 1. The molecule has 0 fully saturated rings. The number of carbonyl (C=O) groups excluding carboxylic acids is 1. The van der Waals surface area contributed by atoms with Crippen LogP contribution in [0.25, 0.3) is 11.3 Å². The fraction of sp³-hybridized carbons (Fsp3) is 0.375. The van der Waals surface area contributed by atoms with Gasteiger partial charge >= 0.3 is 0 Å². The number of nitrogens with zero attached hydrogens (tertiary/aromatic N) is 2. The fourth-order valence-electron chi connectivity index (χ4n) is 2.04. The predicted molar refractivity (Wildman–Crippen MR) is 89.3 cm³/mol. The Bertz CT molecular complexity index is 606. The molecule has 22 heavy (non-hydrogen) atoms. The molecule has 0 bridgehead atoms. The first kappa shape index (κ1) is 16.7. The molecular weight excluding hydrogens is 346 g/mol. The van der Waals surface area contributed by atoms with Crippen molar-refractivity contribution >= 4 is 21.8 Å². The maximum absolute atomic E-state index is 11.8. The number of amides is 1. The lowest BCUT2D eigenvalue weighted by atomic mass is 10.1. The van der Waals surface area contributed by atoms with Crippen molar-refractivity contribution in [1.82, 2.24) is 15.4 Å². The highest BCUT2D eigenvalue weighted by molar-refractivity contribution is 9.10. The number of rotatable bonds is 7. The molecule has 1 N–H and O–H groups in total. The number of halogens is 1. The van der Waals surface area contributed by atoms with E-state index in [4.69, 9.17) is 4.52 Å². The third-order valence-electron chi connectivity index (χ3n) is 3.42. The topological polar surface area (TPSA) is 58.4 Å². The molecule has 1 aromatic heterocycles. The Hall–Kier alpha value is -1.66. The molecule has 1 heterocycles. The summed E-state index contributed by atoms with van der Waals surface area (Å²) < 4.78 is 6.28. The van der Waals surface area contributed by atoms with Crippen LogP contribution in [0.3, 0.4) is 0 Å². The van der Waals surface area contributed by atoms with Crippen LogP contribution in [0.1, 0.15) is 19.6 Å². The number of hydrogen-bond donors (Lipinski definition) is 1. The SMILES string of the molecule is CCN(CC)CC(=O)NCc1cc(-c2ccc(Br)cc2)no1. The Morgan fingerprint density at radius 1 is 1.27 bits per heavy atom. The molecule has 2 rings (SSSR count). The molecule has 118 valence electrons. The van der Waals surface area contributed by atoms with Gasteiger partial charge < -0.3 is 9.84 Å². The second kappa shape index (κ2) is 8.10. The molecular formula is C16H20BrN3O2. The number of hydrogen-bond acceptors (Lipinski definition) is 4. The quantitative estimate of drug-likeness (QED) is 0.818. The molecule has 0 saturated heterocycles. The van der Waals surface area contributed by atoms with Crippen molar-refractivity contribution in [1.29, 1.82) is 0 Å². The normalized spacial score (nSPS) is 10.9. The zero-order valence-corrected chi connectivity index (χ0v) is 14.4. The summed E-state index contributed by atoms with van der Waals surface area (Å²) in [5.74, 6) is 0.635. The van der Waals surface area contributed by atoms with Crippen molar-refractivity contribution in [2.45, 2.75) is 20.4 Å². The molecule has 0 unspecified atom stereocenters. The number of benzene rings is 1. The van der Waals surface area contributed by atoms with Crippen LogP contribution in [0, 0.1) is 0 Å². The molecule has 6 heteroatoms. The van der Waals surface area contributed by atoms with E-state index < -0.39 is 0 Å². The van der Waals surface area contributed by atoms with E-state index in [0.717, 1.165) is 28.8 Å². The Labute approximate surface area is 138 Å². The van der Waals surface area contributed by atoms with Gasteiger partial charge in [0.05, 0.1) is 13.1 Å². The third-order valence-corrected chi connectivity index (χ3v) is 3.95. The molecule has 0 atom stereocenters. The van der Waals surface area contributed by atoms with E-state index in [1.54, 1.807) is 0 Å². The van der Waals surface area contributed by atoms with Gasteiger partial charge in [-0.15, -0.1) is 0 Å². The number of nitrogens with one attached hydrogen (secondary N) is 1. The first-order valence-corrected chi connectivity index (χ1v) is 8.12. The van der Waals surface area contributed by atoms with Crippen LogP contribution in [0.4, 0.5) is 0 Å². The molecule has 0 spiro atoms. The second-order valence-corrected chi connectivity index (χ2v) is 5.84. The summed E-state index contributed by atoms with van der Waals surface area (Å²) >= 11 is 3.40. The summed E-state index contributed by atoms with van der Waals surface area (Å²) in [5, 5.41) is 6.89. The minimum atomic E-state index is -0.00899. The van der Waals surface area contributed by atoms with Crippen molar-refractivity contribution in [3.05, 3.63) is 40.6 Å². The van der Waals surface area contributed by atoms with E-state index >= 15 is 0 Å².